The second-order valence-corrected chi connectivity index (χ2v) is 6.19. The van der Waals surface area contributed by atoms with Gasteiger partial charge >= 0.3 is 0 Å². The van der Waals surface area contributed by atoms with Crippen LogP contribution in [-0.4, -0.2) is 48.7 Å². The molecule has 1 aromatic carbocycles. The normalized spacial score (nSPS) is 17.5. The average molecular weight is 290 g/mol. The largest absolute Gasteiger partial charge is 0.409 e. The maximum absolute atomic E-state index is 8.96. The first-order valence-electron chi connectivity index (χ1n) is 7.57. The van der Waals surface area contributed by atoms with Crippen LogP contribution in [0, 0.1) is 12.8 Å². The number of benzene rings is 1. The van der Waals surface area contributed by atoms with Crippen molar-refractivity contribution >= 4 is 11.5 Å². The summed E-state index contributed by atoms with van der Waals surface area (Å²) in [5.41, 5.74) is 8.86. The lowest BCUT2D eigenvalue weighted by Crippen LogP contribution is -2.48. The van der Waals surface area contributed by atoms with Crippen molar-refractivity contribution in [1.29, 1.82) is 0 Å². The zero-order valence-corrected chi connectivity index (χ0v) is 13.2. The standard InChI is InChI=1S/C16H26N4O/c1-12(2)11-19-6-8-20(9-7-19)15-10-13(3)4-5-14(15)16(17)18-21/h4-5,10,12,21H,6-9,11H2,1-3H3,(H2,17,18). The molecule has 1 aromatic rings. The van der Waals surface area contributed by atoms with Gasteiger partial charge in [-0.1, -0.05) is 25.1 Å². The van der Waals surface area contributed by atoms with Gasteiger partial charge in [0, 0.05) is 44.0 Å². The maximum Gasteiger partial charge on any atom is 0.172 e. The molecule has 1 heterocycles. The Bertz CT molecular complexity index is 505. The predicted octanol–water partition coefficient (Wildman–Crippen LogP) is 1.87. The molecule has 0 saturated carbocycles. The van der Waals surface area contributed by atoms with Gasteiger partial charge in [-0.25, -0.2) is 0 Å². The number of hydrogen-bond donors (Lipinski definition) is 2. The van der Waals surface area contributed by atoms with Gasteiger partial charge in [0.1, 0.15) is 0 Å². The summed E-state index contributed by atoms with van der Waals surface area (Å²) in [6.45, 7) is 11.8. The summed E-state index contributed by atoms with van der Waals surface area (Å²) in [6.07, 6.45) is 0. The lowest BCUT2D eigenvalue weighted by molar-refractivity contribution is 0.231. The first kappa shape index (κ1) is 15.6. The van der Waals surface area contributed by atoms with Crippen LogP contribution in [-0.2, 0) is 0 Å². The van der Waals surface area contributed by atoms with E-state index in [1.54, 1.807) is 0 Å². The Balaban J connectivity index is 2.14. The second-order valence-electron chi connectivity index (χ2n) is 6.19. The number of hydrogen-bond acceptors (Lipinski definition) is 4. The Morgan fingerprint density at radius 1 is 1.29 bits per heavy atom. The third-order valence-corrected chi connectivity index (χ3v) is 3.87. The molecule has 0 amide bonds. The van der Waals surface area contributed by atoms with Gasteiger partial charge in [-0.05, 0) is 30.5 Å². The highest BCUT2D eigenvalue weighted by atomic mass is 16.4. The fourth-order valence-electron chi connectivity index (χ4n) is 2.86. The Morgan fingerprint density at radius 2 is 1.95 bits per heavy atom. The minimum absolute atomic E-state index is 0.176. The molecule has 1 saturated heterocycles. The quantitative estimate of drug-likeness (QED) is 0.384. The number of amidine groups is 1. The van der Waals surface area contributed by atoms with Crippen molar-refractivity contribution in [3.05, 3.63) is 29.3 Å². The van der Waals surface area contributed by atoms with Gasteiger partial charge in [-0.3, -0.25) is 4.90 Å². The van der Waals surface area contributed by atoms with Crippen LogP contribution in [0.25, 0.3) is 0 Å². The van der Waals surface area contributed by atoms with Crippen LogP contribution < -0.4 is 10.6 Å². The molecule has 0 unspecified atom stereocenters. The van der Waals surface area contributed by atoms with E-state index in [-0.39, 0.29) is 5.84 Å². The van der Waals surface area contributed by atoms with Gasteiger partial charge in [0.05, 0.1) is 0 Å². The van der Waals surface area contributed by atoms with E-state index >= 15 is 0 Å². The summed E-state index contributed by atoms with van der Waals surface area (Å²) in [5.74, 6) is 0.873. The van der Waals surface area contributed by atoms with Crippen molar-refractivity contribution < 1.29 is 5.21 Å². The van der Waals surface area contributed by atoms with Crippen LogP contribution in [0.2, 0.25) is 0 Å². The predicted molar refractivity (Wildman–Crippen MR) is 87.2 cm³/mol. The van der Waals surface area contributed by atoms with Crippen molar-refractivity contribution in [2.24, 2.45) is 16.8 Å². The van der Waals surface area contributed by atoms with E-state index in [0.29, 0.717) is 5.92 Å². The maximum atomic E-state index is 8.96. The Labute approximate surface area is 127 Å². The van der Waals surface area contributed by atoms with Gasteiger partial charge < -0.3 is 15.8 Å². The fraction of sp³-hybridized carbons (Fsp3) is 0.562. The SMILES string of the molecule is Cc1ccc(C(N)=NO)c(N2CCN(CC(C)C)CC2)c1. The Morgan fingerprint density at radius 3 is 2.52 bits per heavy atom. The van der Waals surface area contributed by atoms with Gasteiger partial charge in [0.2, 0.25) is 0 Å². The molecule has 1 aliphatic rings. The summed E-state index contributed by atoms with van der Waals surface area (Å²) >= 11 is 0. The number of nitrogens with two attached hydrogens (primary N) is 1. The van der Waals surface area contributed by atoms with Crippen LogP contribution in [0.4, 0.5) is 5.69 Å². The highest BCUT2D eigenvalue weighted by molar-refractivity contribution is 6.02. The molecular weight excluding hydrogens is 264 g/mol. The summed E-state index contributed by atoms with van der Waals surface area (Å²) in [6, 6.07) is 6.04. The molecule has 0 atom stereocenters. The second kappa shape index (κ2) is 6.80. The molecule has 0 aliphatic carbocycles. The van der Waals surface area contributed by atoms with E-state index in [2.05, 4.69) is 41.8 Å². The van der Waals surface area contributed by atoms with Crippen LogP contribution >= 0.6 is 0 Å². The Hall–Kier alpha value is -1.75. The van der Waals surface area contributed by atoms with Gasteiger partial charge in [-0.2, -0.15) is 0 Å². The molecule has 0 bridgehead atoms. The first-order chi connectivity index (χ1) is 10.0. The minimum atomic E-state index is 0.176. The molecule has 1 fully saturated rings. The van der Waals surface area contributed by atoms with Crippen molar-refractivity contribution in [3.63, 3.8) is 0 Å². The van der Waals surface area contributed by atoms with Crippen LogP contribution in [0.1, 0.15) is 25.0 Å². The summed E-state index contributed by atoms with van der Waals surface area (Å²) in [4.78, 5) is 4.83. The molecule has 5 heteroatoms. The third kappa shape index (κ3) is 3.88. The molecule has 116 valence electrons. The lowest BCUT2D eigenvalue weighted by Gasteiger charge is -2.37. The van der Waals surface area contributed by atoms with Crippen molar-refractivity contribution in [2.45, 2.75) is 20.8 Å². The van der Waals surface area contributed by atoms with E-state index in [1.165, 1.54) is 5.56 Å². The summed E-state index contributed by atoms with van der Waals surface area (Å²) < 4.78 is 0. The Kier molecular flexibility index (Phi) is 5.07. The number of nitrogens with zero attached hydrogens (tertiary/aromatic N) is 3. The summed E-state index contributed by atoms with van der Waals surface area (Å²) in [5, 5.41) is 12.1. The van der Waals surface area contributed by atoms with E-state index in [9.17, 15) is 0 Å². The third-order valence-electron chi connectivity index (χ3n) is 3.87. The number of piperazine rings is 1. The highest BCUT2D eigenvalue weighted by Crippen LogP contribution is 2.23. The van der Waals surface area contributed by atoms with Crippen LogP contribution in [0.15, 0.2) is 23.4 Å². The number of anilines is 1. The molecule has 2 rings (SSSR count). The number of rotatable bonds is 4. The molecule has 0 spiro atoms. The molecular formula is C16H26N4O. The van der Waals surface area contributed by atoms with Crippen LogP contribution in [0.3, 0.4) is 0 Å². The molecule has 5 nitrogen and oxygen atoms in total. The molecule has 3 N–H and O–H groups in total. The van der Waals surface area contributed by atoms with E-state index in [4.69, 9.17) is 10.9 Å². The van der Waals surface area contributed by atoms with Crippen molar-refractivity contribution in [3.8, 4) is 0 Å². The first-order valence-corrected chi connectivity index (χ1v) is 7.57. The van der Waals surface area contributed by atoms with Crippen LogP contribution in [0.5, 0.6) is 0 Å². The van der Waals surface area contributed by atoms with E-state index in [1.807, 2.05) is 12.1 Å². The molecule has 0 radical (unpaired) electrons. The minimum Gasteiger partial charge on any atom is -0.409 e. The highest BCUT2D eigenvalue weighted by Gasteiger charge is 2.20. The van der Waals surface area contributed by atoms with E-state index in [0.717, 1.165) is 44.0 Å². The zero-order chi connectivity index (χ0) is 15.4. The zero-order valence-electron chi connectivity index (χ0n) is 13.2. The fourth-order valence-corrected chi connectivity index (χ4v) is 2.86. The van der Waals surface area contributed by atoms with Gasteiger partial charge in [-0.15, -0.1) is 0 Å². The van der Waals surface area contributed by atoms with E-state index < -0.39 is 0 Å². The number of oxime groups is 1. The van der Waals surface area contributed by atoms with Crippen molar-refractivity contribution in [1.82, 2.24) is 4.90 Å². The van der Waals surface area contributed by atoms with Crippen molar-refractivity contribution in [2.75, 3.05) is 37.6 Å². The molecule has 0 aromatic heterocycles. The topological polar surface area (TPSA) is 65.1 Å². The molecule has 1 aliphatic heterocycles. The van der Waals surface area contributed by atoms with Gasteiger partial charge in [0.15, 0.2) is 5.84 Å². The molecule has 21 heavy (non-hydrogen) atoms. The average Bonchev–Trinajstić information content (AvgIpc) is 2.46. The smallest absolute Gasteiger partial charge is 0.172 e. The number of aryl methyl sites for hydroxylation is 1. The summed E-state index contributed by atoms with van der Waals surface area (Å²) in [7, 11) is 0. The van der Waals surface area contributed by atoms with Gasteiger partial charge in [0.25, 0.3) is 0 Å². The lowest BCUT2D eigenvalue weighted by atomic mass is 10.1. The monoisotopic (exact) mass is 290 g/mol.